The van der Waals surface area contributed by atoms with Crippen molar-refractivity contribution in [3.05, 3.63) is 35.5 Å². The molecule has 0 radical (unpaired) electrons. The highest BCUT2D eigenvalue weighted by Crippen LogP contribution is 2.22. The van der Waals surface area contributed by atoms with Gasteiger partial charge in [0.15, 0.2) is 5.96 Å². The van der Waals surface area contributed by atoms with Crippen molar-refractivity contribution in [1.82, 2.24) is 15.6 Å². The molecule has 2 aromatic rings. The Labute approximate surface area is 133 Å². The maximum Gasteiger partial charge on any atom is 0.390 e. The zero-order chi connectivity index (χ0) is 16.9. The van der Waals surface area contributed by atoms with E-state index in [1.807, 2.05) is 25.1 Å². The lowest BCUT2D eigenvalue weighted by Gasteiger charge is -2.13. The number of aliphatic imine (C=N–C) groups is 1. The number of aromatic nitrogens is 1. The summed E-state index contributed by atoms with van der Waals surface area (Å²) in [6.07, 6.45) is -4.28. The third-order valence-corrected chi connectivity index (χ3v) is 3.62. The predicted molar refractivity (Wildman–Crippen MR) is 86.8 cm³/mol. The molecule has 3 N–H and O–H groups in total. The minimum atomic E-state index is -4.16. The molecule has 0 fully saturated rings. The molecule has 2 rings (SSSR count). The zero-order valence-corrected chi connectivity index (χ0v) is 13.2. The molecular weight excluding hydrogens is 305 g/mol. The summed E-state index contributed by atoms with van der Waals surface area (Å²) >= 11 is 0. The SMILES string of the molecule is CN=C(NCCc1c(C)[nH]c2ccccc12)NCCC(F)(F)F. The lowest BCUT2D eigenvalue weighted by Crippen LogP contribution is -2.39. The van der Waals surface area contributed by atoms with E-state index < -0.39 is 12.6 Å². The van der Waals surface area contributed by atoms with Crippen LogP contribution in [0.5, 0.6) is 0 Å². The fourth-order valence-corrected chi connectivity index (χ4v) is 2.51. The largest absolute Gasteiger partial charge is 0.390 e. The molecule has 126 valence electrons. The number of aromatic amines is 1. The molecule has 0 aliphatic rings. The minimum absolute atomic E-state index is 0.185. The lowest BCUT2D eigenvalue weighted by molar-refractivity contribution is -0.132. The van der Waals surface area contributed by atoms with Crippen molar-refractivity contribution in [2.75, 3.05) is 20.1 Å². The van der Waals surface area contributed by atoms with Gasteiger partial charge in [-0.3, -0.25) is 4.99 Å². The van der Waals surface area contributed by atoms with Crippen LogP contribution in [-0.4, -0.2) is 37.3 Å². The first-order chi connectivity index (χ1) is 10.9. The molecular formula is C16H21F3N4. The van der Waals surface area contributed by atoms with Crippen LogP contribution in [0.3, 0.4) is 0 Å². The Bertz CT molecular complexity index is 674. The van der Waals surface area contributed by atoms with Crippen molar-refractivity contribution in [3.63, 3.8) is 0 Å². The Balaban J connectivity index is 1.86. The molecule has 0 spiro atoms. The predicted octanol–water partition coefficient (Wildman–Crippen LogP) is 3.14. The second-order valence-electron chi connectivity index (χ2n) is 5.32. The molecule has 0 saturated heterocycles. The van der Waals surface area contributed by atoms with Crippen LogP contribution in [-0.2, 0) is 6.42 Å². The van der Waals surface area contributed by atoms with Crippen molar-refractivity contribution in [3.8, 4) is 0 Å². The van der Waals surface area contributed by atoms with Gasteiger partial charge in [0, 0.05) is 36.7 Å². The van der Waals surface area contributed by atoms with Gasteiger partial charge in [-0.05, 0) is 25.0 Å². The second-order valence-corrected chi connectivity index (χ2v) is 5.32. The number of nitrogens with one attached hydrogen (secondary N) is 3. The topological polar surface area (TPSA) is 52.2 Å². The van der Waals surface area contributed by atoms with Gasteiger partial charge in [0.25, 0.3) is 0 Å². The van der Waals surface area contributed by atoms with Crippen molar-refractivity contribution in [2.24, 2.45) is 4.99 Å². The zero-order valence-electron chi connectivity index (χ0n) is 13.2. The van der Waals surface area contributed by atoms with Crippen LogP contribution >= 0.6 is 0 Å². The van der Waals surface area contributed by atoms with Crippen LogP contribution in [0.4, 0.5) is 13.2 Å². The van der Waals surface area contributed by atoms with Gasteiger partial charge in [0.2, 0.25) is 0 Å². The highest BCUT2D eigenvalue weighted by atomic mass is 19.4. The number of hydrogen-bond acceptors (Lipinski definition) is 1. The molecule has 0 aliphatic carbocycles. The molecule has 23 heavy (non-hydrogen) atoms. The van der Waals surface area contributed by atoms with E-state index in [2.05, 4.69) is 26.7 Å². The third kappa shape index (κ3) is 4.91. The fraction of sp³-hybridized carbons (Fsp3) is 0.438. The summed E-state index contributed by atoms with van der Waals surface area (Å²) in [7, 11) is 1.54. The van der Waals surface area contributed by atoms with Crippen LogP contribution in [0, 0.1) is 6.92 Å². The van der Waals surface area contributed by atoms with Gasteiger partial charge in [0.1, 0.15) is 0 Å². The number of guanidine groups is 1. The van der Waals surface area contributed by atoms with Crippen LogP contribution in [0.2, 0.25) is 0 Å². The molecule has 0 atom stereocenters. The number of rotatable bonds is 5. The Hall–Kier alpha value is -2.18. The highest BCUT2D eigenvalue weighted by Gasteiger charge is 2.26. The first-order valence-corrected chi connectivity index (χ1v) is 7.48. The summed E-state index contributed by atoms with van der Waals surface area (Å²) in [5.74, 6) is 0.381. The van der Waals surface area contributed by atoms with E-state index >= 15 is 0 Å². The molecule has 1 aromatic carbocycles. The van der Waals surface area contributed by atoms with Crippen LogP contribution < -0.4 is 10.6 Å². The lowest BCUT2D eigenvalue weighted by atomic mass is 10.1. The van der Waals surface area contributed by atoms with E-state index in [1.54, 1.807) is 7.05 Å². The van der Waals surface area contributed by atoms with Crippen molar-refractivity contribution >= 4 is 16.9 Å². The van der Waals surface area contributed by atoms with E-state index in [0.29, 0.717) is 12.5 Å². The maximum absolute atomic E-state index is 12.1. The monoisotopic (exact) mass is 326 g/mol. The summed E-state index contributed by atoms with van der Waals surface area (Å²) in [5, 5.41) is 6.89. The Morgan fingerprint density at radius 1 is 1.17 bits per heavy atom. The molecule has 1 heterocycles. The van der Waals surface area contributed by atoms with Crippen molar-refractivity contribution < 1.29 is 13.2 Å². The van der Waals surface area contributed by atoms with E-state index in [4.69, 9.17) is 0 Å². The Kier molecular flexibility index (Phi) is 5.52. The first kappa shape index (κ1) is 17.2. The van der Waals surface area contributed by atoms with E-state index in [9.17, 15) is 13.2 Å². The molecule has 4 nitrogen and oxygen atoms in total. The van der Waals surface area contributed by atoms with E-state index in [1.165, 1.54) is 10.9 Å². The number of benzene rings is 1. The first-order valence-electron chi connectivity index (χ1n) is 7.48. The minimum Gasteiger partial charge on any atom is -0.358 e. The number of halogens is 3. The van der Waals surface area contributed by atoms with Gasteiger partial charge in [0.05, 0.1) is 6.42 Å². The Morgan fingerprint density at radius 3 is 2.57 bits per heavy atom. The number of nitrogens with zero attached hydrogens (tertiary/aromatic N) is 1. The third-order valence-electron chi connectivity index (χ3n) is 3.62. The van der Waals surface area contributed by atoms with Crippen LogP contribution in [0.1, 0.15) is 17.7 Å². The van der Waals surface area contributed by atoms with Gasteiger partial charge < -0.3 is 15.6 Å². The van der Waals surface area contributed by atoms with Crippen molar-refractivity contribution in [1.29, 1.82) is 0 Å². The highest BCUT2D eigenvalue weighted by molar-refractivity contribution is 5.84. The summed E-state index contributed by atoms with van der Waals surface area (Å²) in [6, 6.07) is 8.05. The Morgan fingerprint density at radius 2 is 1.87 bits per heavy atom. The molecule has 0 unspecified atom stereocenters. The molecule has 1 aromatic heterocycles. The summed E-state index contributed by atoms with van der Waals surface area (Å²) in [4.78, 5) is 7.26. The van der Waals surface area contributed by atoms with Crippen LogP contribution in [0.25, 0.3) is 10.9 Å². The van der Waals surface area contributed by atoms with Gasteiger partial charge in [-0.25, -0.2) is 0 Å². The smallest absolute Gasteiger partial charge is 0.358 e. The summed E-state index contributed by atoms with van der Waals surface area (Å²) in [6.45, 7) is 2.43. The van der Waals surface area contributed by atoms with Crippen molar-refractivity contribution in [2.45, 2.75) is 25.9 Å². The van der Waals surface area contributed by atoms with E-state index in [0.717, 1.165) is 17.6 Å². The molecule has 7 heteroatoms. The normalized spacial score (nSPS) is 12.7. The number of aryl methyl sites for hydroxylation is 1. The number of hydrogen-bond donors (Lipinski definition) is 3. The maximum atomic E-state index is 12.1. The second kappa shape index (κ2) is 7.39. The quantitative estimate of drug-likeness (QED) is 0.584. The van der Waals surface area contributed by atoms with Gasteiger partial charge >= 0.3 is 6.18 Å². The summed E-state index contributed by atoms with van der Waals surface area (Å²) in [5.41, 5.74) is 3.40. The standard InChI is InChI=1S/C16H21F3N4/c1-11-12(13-5-3-4-6-14(13)23-11)7-9-21-15(20-2)22-10-8-16(17,18)19/h3-6,23H,7-10H2,1-2H3,(H2,20,21,22). The molecule has 0 bridgehead atoms. The fourth-order valence-electron chi connectivity index (χ4n) is 2.51. The van der Waals surface area contributed by atoms with Gasteiger partial charge in [-0.1, -0.05) is 18.2 Å². The number of fused-ring (bicyclic) bond motifs is 1. The molecule has 0 amide bonds. The average molecular weight is 326 g/mol. The number of alkyl halides is 3. The van der Waals surface area contributed by atoms with E-state index in [-0.39, 0.29) is 6.54 Å². The van der Waals surface area contributed by atoms with Gasteiger partial charge in [-0.15, -0.1) is 0 Å². The van der Waals surface area contributed by atoms with Crippen LogP contribution in [0.15, 0.2) is 29.3 Å². The van der Waals surface area contributed by atoms with Gasteiger partial charge in [-0.2, -0.15) is 13.2 Å². The number of para-hydroxylation sites is 1. The average Bonchev–Trinajstić information content (AvgIpc) is 2.80. The molecule has 0 saturated carbocycles. The summed E-state index contributed by atoms with van der Waals surface area (Å²) < 4.78 is 36.4. The molecule has 0 aliphatic heterocycles. The number of H-pyrrole nitrogens is 1.